The van der Waals surface area contributed by atoms with Crippen LogP contribution in [-0.2, 0) is 11.2 Å². The Hall–Kier alpha value is -2.66. The maximum atomic E-state index is 12.4. The van der Waals surface area contributed by atoms with E-state index in [1.807, 2.05) is 49.4 Å². The van der Waals surface area contributed by atoms with Crippen molar-refractivity contribution in [3.63, 3.8) is 0 Å². The molecule has 0 aliphatic carbocycles. The molecular weight excluding hydrogens is 308 g/mol. The van der Waals surface area contributed by atoms with Gasteiger partial charge in [0.15, 0.2) is 0 Å². The number of hydrogen-bond acceptors (Lipinski definition) is 3. The van der Waals surface area contributed by atoms with Crippen LogP contribution in [0, 0.1) is 6.92 Å². The lowest BCUT2D eigenvalue weighted by Gasteiger charge is -2.07. The molecule has 0 spiro atoms. The standard InChI is InChI=1S/C18H16N2O2S/c1-11-9-15(17(19)22)18(23-11)20-16(21)10-13-7-4-6-12-5-2-3-8-14(12)13/h2-9H,10H2,1H3,(H2,19,22)(H,20,21). The highest BCUT2D eigenvalue weighted by molar-refractivity contribution is 7.16. The summed E-state index contributed by atoms with van der Waals surface area (Å²) >= 11 is 1.35. The summed E-state index contributed by atoms with van der Waals surface area (Å²) in [6.45, 7) is 1.87. The summed E-state index contributed by atoms with van der Waals surface area (Å²) in [6.07, 6.45) is 0.247. The summed E-state index contributed by atoms with van der Waals surface area (Å²) in [7, 11) is 0. The normalized spacial score (nSPS) is 10.7. The summed E-state index contributed by atoms with van der Waals surface area (Å²) in [5.41, 5.74) is 6.66. The van der Waals surface area contributed by atoms with Gasteiger partial charge < -0.3 is 11.1 Å². The number of amides is 2. The summed E-state index contributed by atoms with van der Waals surface area (Å²) in [4.78, 5) is 24.7. The molecule has 0 fully saturated rings. The van der Waals surface area contributed by atoms with Crippen LogP contribution in [0.25, 0.3) is 10.8 Å². The molecular formula is C18H16N2O2S. The number of carbonyl (C=O) groups is 2. The van der Waals surface area contributed by atoms with Gasteiger partial charge in [-0.3, -0.25) is 9.59 Å². The van der Waals surface area contributed by atoms with Crippen molar-refractivity contribution in [2.75, 3.05) is 5.32 Å². The van der Waals surface area contributed by atoms with Gasteiger partial charge in [0.1, 0.15) is 5.00 Å². The van der Waals surface area contributed by atoms with Gasteiger partial charge >= 0.3 is 0 Å². The second-order valence-corrected chi connectivity index (χ2v) is 6.58. The van der Waals surface area contributed by atoms with Crippen molar-refractivity contribution >= 4 is 38.9 Å². The van der Waals surface area contributed by atoms with E-state index in [0.29, 0.717) is 10.6 Å². The van der Waals surface area contributed by atoms with Gasteiger partial charge in [-0.1, -0.05) is 42.5 Å². The molecule has 0 radical (unpaired) electrons. The van der Waals surface area contributed by atoms with E-state index < -0.39 is 5.91 Å². The first-order chi connectivity index (χ1) is 11.0. The number of thiophene rings is 1. The predicted octanol–water partition coefficient (Wildman–Crippen LogP) is 3.49. The summed E-state index contributed by atoms with van der Waals surface area (Å²) < 4.78 is 0. The largest absolute Gasteiger partial charge is 0.366 e. The first-order valence-electron chi connectivity index (χ1n) is 7.21. The lowest BCUT2D eigenvalue weighted by atomic mass is 10.0. The van der Waals surface area contributed by atoms with Crippen LogP contribution in [0.5, 0.6) is 0 Å². The van der Waals surface area contributed by atoms with Crippen LogP contribution in [0.4, 0.5) is 5.00 Å². The van der Waals surface area contributed by atoms with Gasteiger partial charge in [-0.2, -0.15) is 0 Å². The topological polar surface area (TPSA) is 72.2 Å². The molecule has 4 nitrogen and oxygen atoms in total. The number of rotatable bonds is 4. The molecule has 116 valence electrons. The van der Waals surface area contributed by atoms with Gasteiger partial charge in [-0.05, 0) is 29.3 Å². The van der Waals surface area contributed by atoms with Crippen LogP contribution in [0.2, 0.25) is 0 Å². The maximum Gasteiger partial charge on any atom is 0.251 e. The Balaban J connectivity index is 1.83. The number of fused-ring (bicyclic) bond motifs is 1. The van der Waals surface area contributed by atoms with Gasteiger partial charge in [0.05, 0.1) is 12.0 Å². The molecule has 3 rings (SSSR count). The molecule has 0 saturated heterocycles. The monoisotopic (exact) mass is 324 g/mol. The van der Waals surface area contributed by atoms with E-state index in [9.17, 15) is 9.59 Å². The molecule has 23 heavy (non-hydrogen) atoms. The Morgan fingerprint density at radius 1 is 1.13 bits per heavy atom. The quantitative estimate of drug-likeness (QED) is 0.771. The van der Waals surface area contributed by atoms with Crippen LogP contribution in [0.3, 0.4) is 0 Å². The molecule has 1 heterocycles. The SMILES string of the molecule is Cc1cc(C(N)=O)c(NC(=O)Cc2cccc3ccccc23)s1. The first-order valence-corrected chi connectivity index (χ1v) is 8.03. The molecule has 5 heteroatoms. The zero-order chi connectivity index (χ0) is 16.4. The summed E-state index contributed by atoms with van der Waals surface area (Å²) in [6, 6.07) is 15.5. The second-order valence-electron chi connectivity index (χ2n) is 5.33. The fourth-order valence-electron chi connectivity index (χ4n) is 2.58. The van der Waals surface area contributed by atoms with Gasteiger partial charge in [-0.15, -0.1) is 11.3 Å². The van der Waals surface area contributed by atoms with Gasteiger partial charge in [-0.25, -0.2) is 0 Å². The van der Waals surface area contributed by atoms with E-state index >= 15 is 0 Å². The van der Waals surface area contributed by atoms with Crippen molar-refractivity contribution in [1.29, 1.82) is 0 Å². The van der Waals surface area contributed by atoms with E-state index in [4.69, 9.17) is 5.73 Å². The highest BCUT2D eigenvalue weighted by Crippen LogP contribution is 2.27. The predicted molar refractivity (Wildman–Crippen MR) is 93.9 cm³/mol. The Kier molecular flexibility index (Phi) is 4.12. The maximum absolute atomic E-state index is 12.4. The molecule has 0 atom stereocenters. The lowest BCUT2D eigenvalue weighted by molar-refractivity contribution is -0.115. The van der Waals surface area contributed by atoms with E-state index in [1.54, 1.807) is 6.07 Å². The molecule has 0 saturated carbocycles. The summed E-state index contributed by atoms with van der Waals surface area (Å²) in [5, 5.41) is 5.48. The fourth-order valence-corrected chi connectivity index (χ4v) is 3.51. The van der Waals surface area contributed by atoms with Crippen LogP contribution in [-0.4, -0.2) is 11.8 Å². The Morgan fingerprint density at radius 3 is 2.65 bits per heavy atom. The molecule has 0 aliphatic rings. The highest BCUT2D eigenvalue weighted by Gasteiger charge is 2.15. The molecule has 2 aromatic carbocycles. The van der Waals surface area contributed by atoms with E-state index in [0.717, 1.165) is 21.2 Å². The minimum absolute atomic E-state index is 0.161. The Labute approximate surface area is 137 Å². The third-order valence-electron chi connectivity index (χ3n) is 3.60. The van der Waals surface area contributed by atoms with Crippen molar-refractivity contribution in [2.45, 2.75) is 13.3 Å². The zero-order valence-corrected chi connectivity index (χ0v) is 13.4. The molecule has 3 aromatic rings. The van der Waals surface area contributed by atoms with Crippen LogP contribution in [0.15, 0.2) is 48.5 Å². The van der Waals surface area contributed by atoms with E-state index in [2.05, 4.69) is 5.32 Å². The molecule has 1 aromatic heterocycles. The highest BCUT2D eigenvalue weighted by atomic mass is 32.1. The third kappa shape index (κ3) is 3.24. The van der Waals surface area contributed by atoms with Crippen LogP contribution >= 0.6 is 11.3 Å². The Bertz CT molecular complexity index is 894. The van der Waals surface area contributed by atoms with Gasteiger partial charge in [0, 0.05) is 4.88 Å². The number of primary amides is 1. The smallest absolute Gasteiger partial charge is 0.251 e. The van der Waals surface area contributed by atoms with Crippen molar-refractivity contribution < 1.29 is 9.59 Å². The number of carbonyl (C=O) groups excluding carboxylic acids is 2. The Morgan fingerprint density at radius 2 is 1.87 bits per heavy atom. The molecule has 3 N–H and O–H groups in total. The van der Waals surface area contributed by atoms with E-state index in [-0.39, 0.29) is 12.3 Å². The van der Waals surface area contributed by atoms with Crippen LogP contribution < -0.4 is 11.1 Å². The minimum atomic E-state index is -0.533. The number of aryl methyl sites for hydroxylation is 1. The lowest BCUT2D eigenvalue weighted by Crippen LogP contribution is -2.18. The summed E-state index contributed by atoms with van der Waals surface area (Å²) in [5.74, 6) is -0.694. The number of hydrogen-bond donors (Lipinski definition) is 2. The van der Waals surface area contributed by atoms with Crippen molar-refractivity contribution in [1.82, 2.24) is 0 Å². The number of nitrogens with one attached hydrogen (secondary N) is 1. The molecule has 0 bridgehead atoms. The number of anilines is 1. The average Bonchev–Trinajstić information content (AvgIpc) is 2.88. The fraction of sp³-hybridized carbons (Fsp3) is 0.111. The van der Waals surface area contributed by atoms with Gasteiger partial charge in [0.25, 0.3) is 5.91 Å². The average molecular weight is 324 g/mol. The minimum Gasteiger partial charge on any atom is -0.366 e. The molecule has 0 unspecified atom stereocenters. The van der Waals surface area contributed by atoms with Crippen LogP contribution in [0.1, 0.15) is 20.8 Å². The first kappa shape index (κ1) is 15.2. The van der Waals surface area contributed by atoms with E-state index in [1.165, 1.54) is 11.3 Å². The molecule has 2 amide bonds. The van der Waals surface area contributed by atoms with Crippen molar-refractivity contribution in [2.24, 2.45) is 5.73 Å². The third-order valence-corrected chi connectivity index (χ3v) is 4.57. The van der Waals surface area contributed by atoms with Gasteiger partial charge in [0.2, 0.25) is 5.91 Å². The zero-order valence-electron chi connectivity index (χ0n) is 12.6. The second kappa shape index (κ2) is 6.22. The number of nitrogens with two attached hydrogens (primary N) is 1. The number of benzene rings is 2. The van der Waals surface area contributed by atoms with Crippen molar-refractivity contribution in [3.05, 3.63) is 64.5 Å². The van der Waals surface area contributed by atoms with Crippen molar-refractivity contribution in [3.8, 4) is 0 Å². The molecule has 0 aliphatic heterocycles.